The molecule has 2 rings (SSSR count). The summed E-state index contributed by atoms with van der Waals surface area (Å²) in [6.45, 7) is 7.11. The van der Waals surface area contributed by atoms with Crippen molar-refractivity contribution >= 4 is 5.97 Å². The van der Waals surface area contributed by atoms with Crippen LogP contribution in [0.15, 0.2) is 0 Å². The van der Waals surface area contributed by atoms with Crippen LogP contribution in [-0.2, 0) is 4.79 Å². The number of hydrogen-bond donors (Lipinski definition) is 1. The Morgan fingerprint density at radius 1 is 1.20 bits per heavy atom. The first kappa shape index (κ1) is 15.8. The van der Waals surface area contributed by atoms with Crippen LogP contribution in [0.4, 0.5) is 0 Å². The van der Waals surface area contributed by atoms with Crippen LogP contribution in [0.5, 0.6) is 0 Å². The van der Waals surface area contributed by atoms with Gasteiger partial charge in [0.25, 0.3) is 0 Å². The topological polar surface area (TPSA) is 40.5 Å². The fourth-order valence-electron chi connectivity index (χ4n) is 4.33. The second kappa shape index (κ2) is 7.44. The molecule has 0 amide bonds. The fraction of sp³-hybridized carbons (Fsp3) is 0.941. The highest BCUT2D eigenvalue weighted by atomic mass is 16.4. The van der Waals surface area contributed by atoms with Crippen LogP contribution in [0, 0.1) is 17.8 Å². The molecule has 2 fully saturated rings. The molecular weight excluding hydrogens is 250 g/mol. The molecule has 1 aliphatic heterocycles. The zero-order valence-corrected chi connectivity index (χ0v) is 13.2. The van der Waals surface area contributed by atoms with Crippen LogP contribution in [0.25, 0.3) is 0 Å². The van der Waals surface area contributed by atoms with E-state index in [1.807, 2.05) is 0 Å². The number of aliphatic carboxylic acids is 1. The minimum absolute atomic E-state index is 0.344. The Labute approximate surface area is 123 Å². The number of likely N-dealkylation sites (tertiary alicyclic amines) is 1. The van der Waals surface area contributed by atoms with E-state index in [0.717, 1.165) is 30.8 Å². The first-order chi connectivity index (χ1) is 9.58. The predicted octanol–water partition coefficient (Wildman–Crippen LogP) is 3.78. The van der Waals surface area contributed by atoms with Crippen molar-refractivity contribution in [3.05, 3.63) is 0 Å². The summed E-state index contributed by atoms with van der Waals surface area (Å²) >= 11 is 0. The molecule has 1 aliphatic carbocycles. The van der Waals surface area contributed by atoms with Gasteiger partial charge >= 0.3 is 5.97 Å². The number of carboxylic acid groups (broad SMARTS) is 1. The predicted molar refractivity (Wildman–Crippen MR) is 81.8 cm³/mol. The second-order valence-corrected chi connectivity index (χ2v) is 7.20. The molecule has 0 aromatic rings. The summed E-state index contributed by atoms with van der Waals surface area (Å²) in [5.74, 6) is 1.59. The van der Waals surface area contributed by atoms with E-state index in [4.69, 9.17) is 5.11 Å². The minimum atomic E-state index is -0.639. The van der Waals surface area contributed by atoms with E-state index in [1.54, 1.807) is 0 Å². The zero-order chi connectivity index (χ0) is 14.5. The average molecular weight is 281 g/mol. The smallest absolute Gasteiger partial charge is 0.303 e. The molecule has 3 unspecified atom stereocenters. The first-order valence-corrected chi connectivity index (χ1v) is 8.53. The van der Waals surface area contributed by atoms with Gasteiger partial charge in [0.2, 0.25) is 0 Å². The maximum absolute atomic E-state index is 10.8. The fourth-order valence-corrected chi connectivity index (χ4v) is 4.33. The number of piperidine rings is 1. The summed E-state index contributed by atoms with van der Waals surface area (Å²) in [6, 6.07) is 0.761. The quantitative estimate of drug-likeness (QED) is 0.833. The van der Waals surface area contributed by atoms with E-state index >= 15 is 0 Å². The second-order valence-electron chi connectivity index (χ2n) is 7.20. The molecule has 0 aromatic carbocycles. The highest BCUT2D eigenvalue weighted by molar-refractivity contribution is 5.66. The monoisotopic (exact) mass is 281 g/mol. The lowest BCUT2D eigenvalue weighted by Gasteiger charge is -2.45. The van der Waals surface area contributed by atoms with Crippen molar-refractivity contribution in [3.63, 3.8) is 0 Å². The van der Waals surface area contributed by atoms with Crippen molar-refractivity contribution in [1.82, 2.24) is 4.90 Å². The largest absolute Gasteiger partial charge is 0.481 e. The molecular formula is C17H31NO2. The van der Waals surface area contributed by atoms with Crippen molar-refractivity contribution in [3.8, 4) is 0 Å². The van der Waals surface area contributed by atoms with Gasteiger partial charge in [0.1, 0.15) is 0 Å². The molecule has 1 N–H and O–H groups in total. The number of hydrogen-bond acceptors (Lipinski definition) is 2. The lowest BCUT2D eigenvalue weighted by Crippen LogP contribution is -2.48. The van der Waals surface area contributed by atoms with Gasteiger partial charge in [-0.15, -0.1) is 0 Å². The Morgan fingerprint density at radius 2 is 1.95 bits per heavy atom. The molecule has 3 heteroatoms. The Hall–Kier alpha value is -0.570. The molecule has 1 heterocycles. The number of nitrogens with zero attached hydrogens (tertiary/aromatic N) is 1. The van der Waals surface area contributed by atoms with Gasteiger partial charge in [-0.25, -0.2) is 0 Å². The van der Waals surface area contributed by atoms with Crippen LogP contribution >= 0.6 is 0 Å². The van der Waals surface area contributed by atoms with Crippen molar-refractivity contribution < 1.29 is 9.90 Å². The minimum Gasteiger partial charge on any atom is -0.481 e. The van der Waals surface area contributed by atoms with Gasteiger partial charge in [0.05, 0.1) is 0 Å². The summed E-state index contributed by atoms with van der Waals surface area (Å²) in [5.41, 5.74) is 0. The summed E-state index contributed by atoms with van der Waals surface area (Å²) in [7, 11) is 0. The molecule has 116 valence electrons. The van der Waals surface area contributed by atoms with Crippen LogP contribution < -0.4 is 0 Å². The van der Waals surface area contributed by atoms with Crippen molar-refractivity contribution in [2.24, 2.45) is 17.8 Å². The molecule has 0 spiro atoms. The van der Waals surface area contributed by atoms with E-state index in [9.17, 15) is 4.79 Å². The van der Waals surface area contributed by atoms with E-state index in [2.05, 4.69) is 18.7 Å². The average Bonchev–Trinajstić information content (AvgIpc) is 2.45. The number of carbonyl (C=O) groups is 1. The molecule has 1 saturated carbocycles. The molecule has 20 heavy (non-hydrogen) atoms. The molecule has 2 aliphatic rings. The van der Waals surface area contributed by atoms with Gasteiger partial charge in [-0.3, -0.25) is 9.69 Å². The third-order valence-corrected chi connectivity index (χ3v) is 5.42. The highest BCUT2D eigenvalue weighted by Gasteiger charge is 2.34. The molecule has 0 radical (unpaired) electrons. The van der Waals surface area contributed by atoms with Crippen LogP contribution in [0.1, 0.15) is 65.2 Å². The van der Waals surface area contributed by atoms with E-state index in [0.29, 0.717) is 12.3 Å². The third-order valence-electron chi connectivity index (χ3n) is 5.42. The molecule has 1 saturated heterocycles. The van der Waals surface area contributed by atoms with Crippen molar-refractivity contribution in [2.75, 3.05) is 13.1 Å². The lowest BCUT2D eigenvalue weighted by atomic mass is 9.76. The number of rotatable bonds is 5. The SMILES string of the molecule is CC(C)C1CCCCC1N1CCCC(CCC(=O)O)C1. The van der Waals surface area contributed by atoms with Crippen LogP contribution in [0.3, 0.4) is 0 Å². The molecule has 3 atom stereocenters. The maximum Gasteiger partial charge on any atom is 0.303 e. The Balaban J connectivity index is 1.91. The first-order valence-electron chi connectivity index (χ1n) is 8.53. The van der Waals surface area contributed by atoms with Gasteiger partial charge in [0, 0.05) is 19.0 Å². The molecule has 0 aromatic heterocycles. The molecule has 3 nitrogen and oxygen atoms in total. The van der Waals surface area contributed by atoms with Crippen LogP contribution in [-0.4, -0.2) is 35.1 Å². The van der Waals surface area contributed by atoms with Gasteiger partial charge in [-0.05, 0) is 56.4 Å². The van der Waals surface area contributed by atoms with Crippen LogP contribution in [0.2, 0.25) is 0 Å². The standard InChI is InChI=1S/C17H31NO2/c1-13(2)15-7-3-4-8-16(15)18-11-5-6-14(12-18)9-10-17(19)20/h13-16H,3-12H2,1-2H3,(H,19,20). The third kappa shape index (κ3) is 4.21. The Bertz CT molecular complexity index is 316. The Kier molecular flexibility index (Phi) is 5.88. The summed E-state index contributed by atoms with van der Waals surface area (Å²) in [5, 5.41) is 8.86. The normalized spacial score (nSPS) is 32.5. The van der Waals surface area contributed by atoms with Gasteiger partial charge in [0.15, 0.2) is 0 Å². The van der Waals surface area contributed by atoms with E-state index in [-0.39, 0.29) is 0 Å². The lowest BCUT2D eigenvalue weighted by molar-refractivity contribution is -0.137. The van der Waals surface area contributed by atoms with Crippen molar-refractivity contribution in [2.45, 2.75) is 71.3 Å². The summed E-state index contributed by atoms with van der Waals surface area (Å²) in [4.78, 5) is 13.5. The van der Waals surface area contributed by atoms with Gasteiger partial charge in [-0.2, -0.15) is 0 Å². The zero-order valence-electron chi connectivity index (χ0n) is 13.2. The maximum atomic E-state index is 10.8. The Morgan fingerprint density at radius 3 is 2.65 bits per heavy atom. The van der Waals surface area contributed by atoms with E-state index < -0.39 is 5.97 Å². The number of carboxylic acids is 1. The molecule has 0 bridgehead atoms. The van der Waals surface area contributed by atoms with Gasteiger partial charge < -0.3 is 5.11 Å². The highest BCUT2D eigenvalue weighted by Crippen LogP contribution is 2.36. The summed E-state index contributed by atoms with van der Waals surface area (Å²) in [6.07, 6.45) is 9.21. The van der Waals surface area contributed by atoms with E-state index in [1.165, 1.54) is 45.1 Å². The summed E-state index contributed by atoms with van der Waals surface area (Å²) < 4.78 is 0. The van der Waals surface area contributed by atoms with Gasteiger partial charge in [-0.1, -0.05) is 26.7 Å². The van der Waals surface area contributed by atoms with Crippen molar-refractivity contribution in [1.29, 1.82) is 0 Å².